The van der Waals surface area contributed by atoms with Gasteiger partial charge in [-0.3, -0.25) is 0 Å². The van der Waals surface area contributed by atoms with Crippen LogP contribution < -0.4 is 5.32 Å². The van der Waals surface area contributed by atoms with Gasteiger partial charge in [-0.15, -0.1) is 11.8 Å². The van der Waals surface area contributed by atoms with E-state index >= 15 is 0 Å². The van der Waals surface area contributed by atoms with Crippen molar-refractivity contribution in [2.75, 3.05) is 18.2 Å². The van der Waals surface area contributed by atoms with Crippen molar-refractivity contribution in [3.8, 4) is 0 Å². The molecule has 0 aromatic heterocycles. The first-order valence-corrected chi connectivity index (χ1v) is 3.44. The molecule has 1 nitrogen and oxygen atoms in total. The molecule has 0 spiro atoms. The van der Waals surface area contributed by atoms with Crippen LogP contribution in [0.2, 0.25) is 0 Å². The fourth-order valence-corrected chi connectivity index (χ4v) is 1.30. The third kappa shape index (κ3) is 1.19. The molecule has 0 aliphatic carbocycles. The van der Waals surface area contributed by atoms with Crippen LogP contribution in [0.5, 0.6) is 0 Å². The molecule has 1 saturated heterocycles. The zero-order valence-corrected chi connectivity index (χ0v) is 4.55. The molecule has 0 aromatic carbocycles. The maximum atomic E-state index is 3.25. The summed E-state index contributed by atoms with van der Waals surface area (Å²) in [5.41, 5.74) is 0. The number of rotatable bonds is 0. The molecule has 0 amide bonds. The van der Waals surface area contributed by atoms with E-state index in [0.717, 1.165) is 0 Å². The minimum Gasteiger partial charge on any atom is -0.308 e. The minimum absolute atomic E-state index is 0. The van der Waals surface area contributed by atoms with E-state index in [1.165, 1.54) is 24.6 Å². The molecule has 0 radical (unpaired) electrons. The van der Waals surface area contributed by atoms with Crippen molar-refractivity contribution in [1.29, 1.82) is 0 Å². The molecule has 0 aromatic rings. The van der Waals surface area contributed by atoms with Crippen molar-refractivity contribution in [3.63, 3.8) is 0 Å². The molecule has 0 unspecified atom stereocenters. The lowest BCUT2D eigenvalue weighted by molar-refractivity contribution is 0.740. The quantitative estimate of drug-likeness (QED) is 0.491. The van der Waals surface area contributed by atoms with Gasteiger partial charge in [-0.2, -0.15) is 0 Å². The van der Waals surface area contributed by atoms with Crippen LogP contribution in [-0.4, -0.2) is 18.2 Å². The Morgan fingerprint density at radius 3 is 2.83 bits per heavy atom. The van der Waals surface area contributed by atoms with Gasteiger partial charge in [0.1, 0.15) is 0 Å². The minimum atomic E-state index is 0. The lowest BCUT2D eigenvalue weighted by Gasteiger charge is -2.08. The fraction of sp³-hybridized carbons (Fsp3) is 1.00. The second-order valence-electron chi connectivity index (χ2n) is 1.41. The van der Waals surface area contributed by atoms with Crippen LogP contribution in [0, 0.1) is 0 Å². The Hall–Kier alpha value is 0.310. The predicted molar refractivity (Wildman–Crippen MR) is 32.1 cm³/mol. The van der Waals surface area contributed by atoms with E-state index < -0.39 is 0 Å². The lowest BCUT2D eigenvalue weighted by atomic mass is 10.5. The van der Waals surface area contributed by atoms with Gasteiger partial charge in [-0.1, -0.05) is 0 Å². The van der Waals surface area contributed by atoms with Gasteiger partial charge in [-0.25, -0.2) is 0 Å². The van der Waals surface area contributed by atoms with Crippen LogP contribution in [0.25, 0.3) is 0 Å². The largest absolute Gasteiger partial charge is 0.308 e. The first-order valence-electron chi connectivity index (χ1n) is 2.28. The van der Waals surface area contributed by atoms with Crippen molar-refractivity contribution < 1.29 is 1.43 Å². The predicted octanol–water partition coefficient (Wildman–Crippen LogP) is 0.916. The van der Waals surface area contributed by atoms with E-state index in [1.807, 2.05) is 11.8 Å². The molecule has 2 heteroatoms. The highest BCUT2D eigenvalue weighted by molar-refractivity contribution is 7.99. The van der Waals surface area contributed by atoms with Crippen molar-refractivity contribution in [2.45, 2.75) is 6.42 Å². The van der Waals surface area contributed by atoms with Crippen LogP contribution in [0.3, 0.4) is 0 Å². The highest BCUT2D eigenvalue weighted by Gasteiger charge is 1.93. The van der Waals surface area contributed by atoms with Gasteiger partial charge < -0.3 is 5.32 Å². The zero-order chi connectivity index (χ0) is 4.24. The van der Waals surface area contributed by atoms with Gasteiger partial charge in [0, 0.05) is 7.30 Å². The second-order valence-corrected chi connectivity index (χ2v) is 2.51. The highest BCUT2D eigenvalue weighted by Crippen LogP contribution is 2.02. The van der Waals surface area contributed by atoms with Crippen molar-refractivity contribution >= 4 is 11.8 Å². The molecule has 1 N–H and O–H groups in total. The lowest BCUT2D eigenvalue weighted by Crippen LogP contribution is -2.19. The molecule has 0 saturated carbocycles. The van der Waals surface area contributed by atoms with Crippen LogP contribution >= 0.6 is 11.8 Å². The zero-order valence-electron chi connectivity index (χ0n) is 3.74. The fourth-order valence-electron chi connectivity index (χ4n) is 0.516. The normalized spacial score (nSPS) is 24.0. The first kappa shape index (κ1) is 4.47. The Labute approximate surface area is 44.0 Å². The summed E-state index contributed by atoms with van der Waals surface area (Å²) in [5, 5.41) is 3.25. The Balaban J connectivity index is 0.000000360. The molecule has 1 heterocycles. The van der Waals surface area contributed by atoms with Crippen molar-refractivity contribution in [1.82, 2.24) is 5.32 Å². The molecule has 1 aliphatic heterocycles. The maximum Gasteiger partial charge on any atom is 0.0417 e. The van der Waals surface area contributed by atoms with Crippen LogP contribution in [-0.2, 0) is 0 Å². The highest BCUT2D eigenvalue weighted by atomic mass is 32.2. The van der Waals surface area contributed by atoms with E-state index in [0.29, 0.717) is 0 Å². The summed E-state index contributed by atoms with van der Waals surface area (Å²) in [4.78, 5) is 0. The second kappa shape index (κ2) is 2.48. The Bertz CT molecular complexity index is 27.2. The maximum absolute atomic E-state index is 3.25. The average Bonchev–Trinajstić information content (AvgIpc) is 1.72. The van der Waals surface area contributed by atoms with Crippen LogP contribution in [0.4, 0.5) is 0 Å². The molecule has 1 aliphatic rings. The van der Waals surface area contributed by atoms with Gasteiger partial charge in [0.05, 0.1) is 0 Å². The third-order valence-corrected chi connectivity index (χ3v) is 1.83. The molecule has 1 fully saturated rings. The monoisotopic (exact) mass is 105 g/mol. The summed E-state index contributed by atoms with van der Waals surface area (Å²) in [5.74, 6) is 2.52. The number of nitrogens with one attached hydrogen (secondary N) is 1. The van der Waals surface area contributed by atoms with E-state index in [-0.39, 0.29) is 1.43 Å². The van der Waals surface area contributed by atoms with E-state index in [2.05, 4.69) is 5.32 Å². The average molecular weight is 105 g/mol. The Kier molecular flexibility index (Phi) is 1.85. The van der Waals surface area contributed by atoms with Gasteiger partial charge in [0.15, 0.2) is 0 Å². The molecule has 1 rings (SSSR count). The van der Waals surface area contributed by atoms with Gasteiger partial charge in [-0.05, 0) is 18.7 Å². The molecular formula is C4H11NS. The SMILES string of the molecule is C1CNCSC1.[HH]. The summed E-state index contributed by atoms with van der Waals surface area (Å²) < 4.78 is 0. The number of thioether (sulfide) groups is 1. The Morgan fingerprint density at radius 1 is 1.67 bits per heavy atom. The summed E-state index contributed by atoms with van der Waals surface area (Å²) in [7, 11) is 0. The number of hydrogen-bond acceptors (Lipinski definition) is 2. The number of hydrogen-bond donors (Lipinski definition) is 1. The molecule has 0 bridgehead atoms. The topological polar surface area (TPSA) is 12.0 Å². The molecule has 38 valence electrons. The van der Waals surface area contributed by atoms with Gasteiger partial charge in [0.25, 0.3) is 0 Å². The van der Waals surface area contributed by atoms with Gasteiger partial charge >= 0.3 is 0 Å². The molecule has 6 heavy (non-hydrogen) atoms. The third-order valence-electron chi connectivity index (χ3n) is 0.846. The Morgan fingerprint density at radius 2 is 2.67 bits per heavy atom. The summed E-state index contributed by atoms with van der Waals surface area (Å²) in [6.07, 6.45) is 1.35. The van der Waals surface area contributed by atoms with E-state index in [9.17, 15) is 0 Å². The van der Waals surface area contributed by atoms with E-state index in [4.69, 9.17) is 0 Å². The molecule has 0 atom stereocenters. The first-order chi connectivity index (χ1) is 3.00. The van der Waals surface area contributed by atoms with Gasteiger partial charge in [0.2, 0.25) is 0 Å². The summed E-state index contributed by atoms with van der Waals surface area (Å²) in [6, 6.07) is 0. The van der Waals surface area contributed by atoms with Crippen molar-refractivity contribution in [3.05, 3.63) is 0 Å². The summed E-state index contributed by atoms with van der Waals surface area (Å²) in [6.45, 7) is 1.23. The molecular weight excluding hydrogens is 94.1 g/mol. The summed E-state index contributed by atoms with van der Waals surface area (Å²) >= 11 is 1.98. The smallest absolute Gasteiger partial charge is 0.0417 e. The van der Waals surface area contributed by atoms with E-state index in [1.54, 1.807) is 0 Å². The van der Waals surface area contributed by atoms with Crippen LogP contribution in [0.1, 0.15) is 7.85 Å². The van der Waals surface area contributed by atoms with Crippen molar-refractivity contribution in [2.24, 2.45) is 0 Å². The standard InChI is InChI=1S/C4H9NS.H2/c1-2-5-4-6-3-1;/h5H,1-4H2;1H. The van der Waals surface area contributed by atoms with Crippen LogP contribution in [0.15, 0.2) is 0 Å².